The molecule has 1 aromatic heterocycles. The van der Waals surface area contributed by atoms with Crippen LogP contribution in [0.15, 0.2) is 12.3 Å². The number of amides is 1. The number of rotatable bonds is 7. The van der Waals surface area contributed by atoms with Gasteiger partial charge in [0.1, 0.15) is 0 Å². The lowest BCUT2D eigenvalue weighted by molar-refractivity contribution is 0.0953. The van der Waals surface area contributed by atoms with Crippen molar-refractivity contribution in [3.05, 3.63) is 23.5 Å². The molecule has 0 aromatic carbocycles. The molecule has 20 heavy (non-hydrogen) atoms. The van der Waals surface area contributed by atoms with Crippen molar-refractivity contribution in [1.29, 1.82) is 0 Å². The zero-order valence-corrected chi connectivity index (χ0v) is 13.3. The SMILES string of the molecule is CCNc1cc(C)ncc1C(=O)NCCC(C)S(C)=O. The van der Waals surface area contributed by atoms with E-state index in [0.29, 0.717) is 18.5 Å². The quantitative estimate of drug-likeness (QED) is 0.804. The van der Waals surface area contributed by atoms with Gasteiger partial charge < -0.3 is 10.6 Å². The van der Waals surface area contributed by atoms with Crippen molar-refractivity contribution in [2.24, 2.45) is 0 Å². The summed E-state index contributed by atoms with van der Waals surface area (Å²) in [7, 11) is -0.856. The van der Waals surface area contributed by atoms with Crippen LogP contribution in [0.2, 0.25) is 0 Å². The van der Waals surface area contributed by atoms with Crippen molar-refractivity contribution in [2.75, 3.05) is 24.7 Å². The first-order valence-corrected chi connectivity index (χ1v) is 8.38. The highest BCUT2D eigenvalue weighted by Crippen LogP contribution is 2.15. The first-order valence-electron chi connectivity index (χ1n) is 6.76. The molecule has 0 fully saturated rings. The molecule has 1 aromatic rings. The third kappa shape index (κ3) is 4.92. The molecule has 5 nitrogen and oxygen atoms in total. The van der Waals surface area contributed by atoms with Crippen LogP contribution in [0.3, 0.4) is 0 Å². The standard InChI is InChI=1S/C14H23N3O2S/c1-5-15-13-8-10(2)17-9-12(13)14(18)16-7-6-11(3)20(4)19/h8-9,11H,5-7H2,1-4H3,(H,15,17)(H,16,18). The largest absolute Gasteiger partial charge is 0.385 e. The Hall–Kier alpha value is -1.43. The van der Waals surface area contributed by atoms with E-state index in [2.05, 4.69) is 15.6 Å². The molecule has 0 aliphatic rings. The Bertz CT molecular complexity index is 491. The number of carbonyl (C=O) groups excluding carboxylic acids is 1. The van der Waals surface area contributed by atoms with E-state index >= 15 is 0 Å². The van der Waals surface area contributed by atoms with Gasteiger partial charge in [-0.05, 0) is 26.3 Å². The minimum atomic E-state index is -0.856. The highest BCUT2D eigenvalue weighted by atomic mass is 32.2. The Morgan fingerprint density at radius 3 is 2.80 bits per heavy atom. The summed E-state index contributed by atoms with van der Waals surface area (Å²) in [6.07, 6.45) is 3.97. The molecule has 112 valence electrons. The number of nitrogens with one attached hydrogen (secondary N) is 2. The maximum absolute atomic E-state index is 12.1. The number of hydrogen-bond acceptors (Lipinski definition) is 4. The molecule has 2 unspecified atom stereocenters. The predicted molar refractivity (Wildman–Crippen MR) is 83.6 cm³/mol. The van der Waals surface area contributed by atoms with Crippen LogP contribution in [-0.2, 0) is 10.8 Å². The van der Waals surface area contributed by atoms with Crippen LogP contribution in [0.25, 0.3) is 0 Å². The van der Waals surface area contributed by atoms with E-state index in [4.69, 9.17) is 0 Å². The molecule has 1 rings (SSSR count). The fraction of sp³-hybridized carbons (Fsp3) is 0.571. The minimum Gasteiger partial charge on any atom is -0.385 e. The smallest absolute Gasteiger partial charge is 0.254 e. The maximum atomic E-state index is 12.1. The van der Waals surface area contributed by atoms with Crippen molar-refractivity contribution in [1.82, 2.24) is 10.3 Å². The zero-order chi connectivity index (χ0) is 15.1. The van der Waals surface area contributed by atoms with Gasteiger partial charge in [0.15, 0.2) is 0 Å². The van der Waals surface area contributed by atoms with E-state index in [1.54, 1.807) is 12.5 Å². The van der Waals surface area contributed by atoms with Crippen LogP contribution >= 0.6 is 0 Å². The molecule has 1 heterocycles. The Balaban J connectivity index is 2.65. The molecule has 0 spiro atoms. The normalized spacial score (nSPS) is 13.6. The maximum Gasteiger partial charge on any atom is 0.254 e. The molecule has 0 saturated carbocycles. The summed E-state index contributed by atoms with van der Waals surface area (Å²) in [4.78, 5) is 16.3. The van der Waals surface area contributed by atoms with Crippen molar-refractivity contribution in [3.63, 3.8) is 0 Å². The first-order chi connectivity index (χ1) is 9.45. The Kier molecular flexibility index (Phi) is 6.64. The van der Waals surface area contributed by atoms with Crippen molar-refractivity contribution in [2.45, 2.75) is 32.4 Å². The number of nitrogens with zero attached hydrogens (tertiary/aromatic N) is 1. The van der Waals surface area contributed by atoms with E-state index in [-0.39, 0.29) is 11.2 Å². The van der Waals surface area contributed by atoms with Gasteiger partial charge in [0.05, 0.1) is 11.3 Å². The number of aryl methyl sites for hydroxylation is 1. The predicted octanol–water partition coefficient (Wildman–Crippen LogP) is 1.71. The van der Waals surface area contributed by atoms with E-state index in [0.717, 1.165) is 17.9 Å². The van der Waals surface area contributed by atoms with E-state index < -0.39 is 10.8 Å². The summed E-state index contributed by atoms with van der Waals surface area (Å²) < 4.78 is 11.2. The lowest BCUT2D eigenvalue weighted by Crippen LogP contribution is -2.28. The summed E-state index contributed by atoms with van der Waals surface area (Å²) in [5.74, 6) is -0.150. The van der Waals surface area contributed by atoms with Crippen LogP contribution in [-0.4, -0.2) is 39.7 Å². The van der Waals surface area contributed by atoms with E-state index in [1.165, 1.54) is 0 Å². The van der Waals surface area contributed by atoms with Crippen LogP contribution in [0.4, 0.5) is 5.69 Å². The second-order valence-electron chi connectivity index (χ2n) is 4.76. The van der Waals surface area contributed by atoms with Gasteiger partial charge >= 0.3 is 0 Å². The first kappa shape index (κ1) is 16.6. The Morgan fingerprint density at radius 2 is 2.20 bits per heavy atom. The Morgan fingerprint density at radius 1 is 1.50 bits per heavy atom. The molecule has 0 bridgehead atoms. The van der Waals surface area contributed by atoms with Crippen LogP contribution < -0.4 is 10.6 Å². The molecule has 2 N–H and O–H groups in total. The molecule has 0 aliphatic carbocycles. The Labute approximate surface area is 123 Å². The average Bonchev–Trinajstić information content (AvgIpc) is 2.38. The third-order valence-electron chi connectivity index (χ3n) is 3.06. The van der Waals surface area contributed by atoms with Gasteiger partial charge in [0, 0.05) is 47.3 Å². The van der Waals surface area contributed by atoms with Crippen molar-refractivity contribution < 1.29 is 9.00 Å². The average molecular weight is 297 g/mol. The highest BCUT2D eigenvalue weighted by molar-refractivity contribution is 7.84. The molecule has 0 saturated heterocycles. The van der Waals surface area contributed by atoms with Gasteiger partial charge in [-0.25, -0.2) is 0 Å². The van der Waals surface area contributed by atoms with Crippen LogP contribution in [0.5, 0.6) is 0 Å². The summed E-state index contributed by atoms with van der Waals surface area (Å²) >= 11 is 0. The van der Waals surface area contributed by atoms with Crippen molar-refractivity contribution in [3.8, 4) is 0 Å². The van der Waals surface area contributed by atoms with E-state index in [9.17, 15) is 9.00 Å². The topological polar surface area (TPSA) is 71.1 Å². The van der Waals surface area contributed by atoms with Gasteiger partial charge in [-0.1, -0.05) is 6.92 Å². The number of hydrogen-bond donors (Lipinski definition) is 2. The van der Waals surface area contributed by atoms with E-state index in [1.807, 2.05) is 26.8 Å². The second-order valence-corrected chi connectivity index (χ2v) is 6.56. The molecular weight excluding hydrogens is 274 g/mol. The van der Waals surface area contributed by atoms with Crippen LogP contribution in [0, 0.1) is 6.92 Å². The van der Waals surface area contributed by atoms with Gasteiger partial charge in [-0.3, -0.25) is 14.0 Å². The van der Waals surface area contributed by atoms with Crippen LogP contribution in [0.1, 0.15) is 36.3 Å². The fourth-order valence-electron chi connectivity index (χ4n) is 1.73. The molecular formula is C14H23N3O2S. The fourth-order valence-corrected chi connectivity index (χ4v) is 2.18. The van der Waals surface area contributed by atoms with Crippen molar-refractivity contribution >= 4 is 22.4 Å². The highest BCUT2D eigenvalue weighted by Gasteiger charge is 2.13. The molecule has 2 atom stereocenters. The lowest BCUT2D eigenvalue weighted by atomic mass is 10.2. The van der Waals surface area contributed by atoms with Gasteiger partial charge in [-0.2, -0.15) is 0 Å². The van der Waals surface area contributed by atoms with Gasteiger partial charge in [0.25, 0.3) is 5.91 Å². The minimum absolute atomic E-state index is 0.0830. The number of carbonyl (C=O) groups is 1. The number of pyridine rings is 1. The number of anilines is 1. The molecule has 0 aliphatic heterocycles. The summed E-state index contributed by atoms with van der Waals surface area (Å²) in [5.41, 5.74) is 2.21. The molecule has 6 heteroatoms. The lowest BCUT2D eigenvalue weighted by Gasteiger charge is -2.12. The van der Waals surface area contributed by atoms with Gasteiger partial charge in [0.2, 0.25) is 0 Å². The third-order valence-corrected chi connectivity index (χ3v) is 4.42. The van der Waals surface area contributed by atoms with Gasteiger partial charge in [-0.15, -0.1) is 0 Å². The number of aromatic nitrogens is 1. The molecule has 0 radical (unpaired) electrons. The zero-order valence-electron chi connectivity index (χ0n) is 12.5. The summed E-state index contributed by atoms with van der Waals surface area (Å²) in [6.45, 7) is 7.05. The summed E-state index contributed by atoms with van der Waals surface area (Å²) in [6, 6.07) is 1.86. The monoisotopic (exact) mass is 297 g/mol. The molecule has 1 amide bonds. The summed E-state index contributed by atoms with van der Waals surface area (Å²) in [5, 5.41) is 6.10. The second kappa shape index (κ2) is 7.99.